The Bertz CT molecular complexity index is 663. The summed E-state index contributed by atoms with van der Waals surface area (Å²) in [6.07, 6.45) is 13.7. The summed E-state index contributed by atoms with van der Waals surface area (Å²) < 4.78 is 11.7. The first kappa shape index (κ1) is 19.1. The number of ether oxygens (including phenoxy) is 2. The number of hydrogen-bond acceptors (Lipinski definition) is 3. The third-order valence-corrected chi connectivity index (χ3v) is 8.54. The van der Waals surface area contributed by atoms with Gasteiger partial charge >= 0.3 is 5.97 Å². The van der Waals surface area contributed by atoms with Crippen LogP contribution in [0.4, 0.5) is 0 Å². The highest BCUT2D eigenvalue weighted by molar-refractivity contribution is 5.69. The summed E-state index contributed by atoms with van der Waals surface area (Å²) in [5.74, 6) is 3.34. The molecule has 4 aliphatic carbocycles. The standard InChI is InChI=1S/C24H36O3/c1-5-22(25)27-21-10-9-19-18-8-7-16-15-17(26-6-2)11-13-23(16,3)20(18)12-14-24(19,21)4/h7,15,18-21H,5-6,8-14H2,1-4H3. The lowest BCUT2D eigenvalue weighted by atomic mass is 9.48. The number of carbonyl (C=O) groups is 1. The molecule has 0 aromatic rings. The Morgan fingerprint density at radius 1 is 1.15 bits per heavy atom. The van der Waals surface area contributed by atoms with Crippen molar-refractivity contribution in [2.45, 2.75) is 85.2 Å². The molecule has 0 N–H and O–H groups in total. The maximum atomic E-state index is 11.9. The predicted octanol–water partition coefficient (Wildman–Crippen LogP) is 5.80. The van der Waals surface area contributed by atoms with Crippen molar-refractivity contribution in [3.8, 4) is 0 Å². The molecule has 4 aliphatic rings. The van der Waals surface area contributed by atoms with Crippen LogP contribution in [0.3, 0.4) is 0 Å². The molecule has 27 heavy (non-hydrogen) atoms. The molecule has 0 aromatic heterocycles. The molecule has 0 spiro atoms. The zero-order valence-electron chi connectivity index (χ0n) is 17.6. The second-order valence-electron chi connectivity index (χ2n) is 9.69. The third-order valence-electron chi connectivity index (χ3n) is 8.54. The summed E-state index contributed by atoms with van der Waals surface area (Å²) in [4.78, 5) is 11.9. The Balaban J connectivity index is 1.58. The van der Waals surface area contributed by atoms with Gasteiger partial charge in [-0.15, -0.1) is 0 Å². The van der Waals surface area contributed by atoms with Crippen LogP contribution in [0.5, 0.6) is 0 Å². The van der Waals surface area contributed by atoms with Crippen LogP contribution in [0.1, 0.15) is 79.1 Å². The molecule has 0 aromatic carbocycles. The van der Waals surface area contributed by atoms with E-state index in [-0.39, 0.29) is 17.5 Å². The number of esters is 1. The van der Waals surface area contributed by atoms with Gasteiger partial charge in [0, 0.05) is 18.3 Å². The molecule has 2 saturated carbocycles. The fraction of sp³-hybridized carbons (Fsp3) is 0.792. The van der Waals surface area contributed by atoms with Gasteiger partial charge in [-0.3, -0.25) is 4.79 Å². The first-order valence-corrected chi connectivity index (χ1v) is 11.2. The molecule has 2 fully saturated rings. The average Bonchev–Trinajstić information content (AvgIpc) is 2.98. The lowest BCUT2D eigenvalue weighted by molar-refractivity contribution is -0.158. The Labute approximate surface area is 164 Å². The predicted molar refractivity (Wildman–Crippen MR) is 107 cm³/mol. The van der Waals surface area contributed by atoms with E-state index in [1.807, 2.05) is 6.92 Å². The largest absolute Gasteiger partial charge is 0.498 e. The number of hydrogen-bond donors (Lipinski definition) is 0. The van der Waals surface area contributed by atoms with Gasteiger partial charge in [0.05, 0.1) is 12.4 Å². The molecule has 0 heterocycles. The molecular formula is C24H36O3. The zero-order valence-corrected chi connectivity index (χ0v) is 17.6. The van der Waals surface area contributed by atoms with Crippen molar-refractivity contribution in [1.82, 2.24) is 0 Å². The average molecular weight is 373 g/mol. The van der Waals surface area contributed by atoms with E-state index in [1.165, 1.54) is 43.4 Å². The van der Waals surface area contributed by atoms with Crippen LogP contribution >= 0.6 is 0 Å². The van der Waals surface area contributed by atoms with Crippen LogP contribution in [-0.2, 0) is 14.3 Å². The Morgan fingerprint density at radius 3 is 2.70 bits per heavy atom. The second kappa shape index (κ2) is 6.97. The van der Waals surface area contributed by atoms with Gasteiger partial charge in [-0.25, -0.2) is 0 Å². The zero-order chi connectivity index (χ0) is 19.2. The van der Waals surface area contributed by atoms with E-state index in [0.29, 0.717) is 17.8 Å². The van der Waals surface area contributed by atoms with Gasteiger partial charge in [-0.05, 0) is 80.3 Å². The van der Waals surface area contributed by atoms with Crippen LogP contribution in [0.15, 0.2) is 23.5 Å². The minimum Gasteiger partial charge on any atom is -0.498 e. The SMILES string of the molecule is CCOC1=CC2=CCC3C(CCC4(C)C(OC(=O)CC)CCC34)C2(C)CC1. The van der Waals surface area contributed by atoms with E-state index in [1.54, 1.807) is 0 Å². The highest BCUT2D eigenvalue weighted by Gasteiger charge is 2.59. The fourth-order valence-corrected chi connectivity index (χ4v) is 6.99. The molecule has 3 nitrogen and oxygen atoms in total. The van der Waals surface area contributed by atoms with Crippen molar-refractivity contribution in [2.24, 2.45) is 28.6 Å². The van der Waals surface area contributed by atoms with Crippen LogP contribution < -0.4 is 0 Å². The topological polar surface area (TPSA) is 35.5 Å². The van der Waals surface area contributed by atoms with Gasteiger partial charge in [-0.2, -0.15) is 0 Å². The highest BCUT2D eigenvalue weighted by atomic mass is 16.5. The quantitative estimate of drug-likeness (QED) is 0.585. The monoisotopic (exact) mass is 372 g/mol. The first-order valence-electron chi connectivity index (χ1n) is 11.2. The minimum absolute atomic E-state index is 0.0253. The van der Waals surface area contributed by atoms with E-state index in [2.05, 4.69) is 32.9 Å². The van der Waals surface area contributed by atoms with Crippen molar-refractivity contribution in [3.05, 3.63) is 23.5 Å². The van der Waals surface area contributed by atoms with Gasteiger partial charge < -0.3 is 9.47 Å². The summed E-state index contributed by atoms with van der Waals surface area (Å²) in [7, 11) is 0. The Morgan fingerprint density at radius 2 is 1.96 bits per heavy atom. The summed E-state index contributed by atoms with van der Waals surface area (Å²) in [6.45, 7) is 9.64. The van der Waals surface area contributed by atoms with Gasteiger partial charge in [0.2, 0.25) is 0 Å². The van der Waals surface area contributed by atoms with Crippen LogP contribution in [0.25, 0.3) is 0 Å². The minimum atomic E-state index is -0.0253. The lowest BCUT2D eigenvalue weighted by Gasteiger charge is -2.56. The van der Waals surface area contributed by atoms with E-state index < -0.39 is 0 Å². The van der Waals surface area contributed by atoms with Gasteiger partial charge in [0.15, 0.2) is 0 Å². The molecule has 3 heteroatoms. The van der Waals surface area contributed by atoms with Gasteiger partial charge in [0.1, 0.15) is 6.10 Å². The highest BCUT2D eigenvalue weighted by Crippen LogP contribution is 2.65. The maximum Gasteiger partial charge on any atom is 0.305 e. The normalized spacial score (nSPS) is 43.0. The molecule has 4 rings (SSSR count). The number of allylic oxidation sites excluding steroid dienone is 4. The fourth-order valence-electron chi connectivity index (χ4n) is 6.99. The van der Waals surface area contributed by atoms with Crippen molar-refractivity contribution >= 4 is 5.97 Å². The molecular weight excluding hydrogens is 336 g/mol. The summed E-state index contributed by atoms with van der Waals surface area (Å²) >= 11 is 0. The van der Waals surface area contributed by atoms with E-state index in [4.69, 9.17) is 9.47 Å². The van der Waals surface area contributed by atoms with Crippen LogP contribution in [0, 0.1) is 28.6 Å². The smallest absolute Gasteiger partial charge is 0.305 e. The number of rotatable bonds is 4. The van der Waals surface area contributed by atoms with Crippen molar-refractivity contribution < 1.29 is 14.3 Å². The number of carbonyl (C=O) groups excluding carboxylic acids is 1. The summed E-state index contributed by atoms with van der Waals surface area (Å²) in [5.41, 5.74) is 1.99. The Kier molecular flexibility index (Phi) is 4.93. The molecule has 0 aliphatic heterocycles. The molecule has 150 valence electrons. The van der Waals surface area contributed by atoms with Crippen molar-refractivity contribution in [3.63, 3.8) is 0 Å². The molecule has 0 radical (unpaired) electrons. The van der Waals surface area contributed by atoms with Gasteiger partial charge in [0.25, 0.3) is 0 Å². The Hall–Kier alpha value is -1.25. The third kappa shape index (κ3) is 2.96. The van der Waals surface area contributed by atoms with Crippen LogP contribution in [0.2, 0.25) is 0 Å². The van der Waals surface area contributed by atoms with Crippen LogP contribution in [-0.4, -0.2) is 18.7 Å². The molecule has 0 amide bonds. The van der Waals surface area contributed by atoms with E-state index in [9.17, 15) is 4.79 Å². The second-order valence-corrected chi connectivity index (χ2v) is 9.69. The molecule has 0 bridgehead atoms. The molecule has 0 saturated heterocycles. The molecule has 6 atom stereocenters. The summed E-state index contributed by atoms with van der Waals surface area (Å²) in [5, 5.41) is 0. The summed E-state index contributed by atoms with van der Waals surface area (Å²) in [6, 6.07) is 0. The van der Waals surface area contributed by atoms with E-state index in [0.717, 1.165) is 31.3 Å². The molecule has 6 unspecified atom stereocenters. The van der Waals surface area contributed by atoms with Crippen molar-refractivity contribution in [1.29, 1.82) is 0 Å². The maximum absolute atomic E-state index is 11.9. The van der Waals surface area contributed by atoms with Gasteiger partial charge in [-0.1, -0.05) is 26.8 Å². The number of fused-ring (bicyclic) bond motifs is 5. The lowest BCUT2D eigenvalue weighted by Crippen LogP contribution is -2.50. The van der Waals surface area contributed by atoms with Crippen molar-refractivity contribution in [2.75, 3.05) is 6.61 Å². The van der Waals surface area contributed by atoms with E-state index >= 15 is 0 Å². The first-order chi connectivity index (χ1) is 12.9.